The second-order valence-corrected chi connectivity index (χ2v) is 7.61. The van der Waals surface area contributed by atoms with Gasteiger partial charge in [-0.1, -0.05) is 49.7 Å². The van der Waals surface area contributed by atoms with E-state index >= 15 is 0 Å². The largest absolute Gasteiger partial charge is 0.508 e. The number of hydrogen-bond donors (Lipinski definition) is 1. The van der Waals surface area contributed by atoms with Crippen molar-refractivity contribution < 1.29 is 24.1 Å². The zero-order valence-corrected chi connectivity index (χ0v) is 17.2. The lowest BCUT2D eigenvalue weighted by atomic mass is 9.78. The Morgan fingerprint density at radius 3 is 2.17 bits per heavy atom. The van der Waals surface area contributed by atoms with Crippen LogP contribution in [0.25, 0.3) is 11.1 Å². The van der Waals surface area contributed by atoms with Crippen molar-refractivity contribution in [1.29, 1.82) is 0 Å². The lowest BCUT2D eigenvalue weighted by molar-refractivity contribution is -0.0508. The second kappa shape index (κ2) is 9.79. The zero-order chi connectivity index (χ0) is 20.7. The van der Waals surface area contributed by atoms with Crippen LogP contribution in [0.3, 0.4) is 0 Å². The third-order valence-electron chi connectivity index (χ3n) is 5.57. The van der Waals surface area contributed by atoms with E-state index in [1.807, 2.05) is 36.4 Å². The lowest BCUT2D eigenvalue weighted by Crippen LogP contribution is -2.35. The van der Waals surface area contributed by atoms with Crippen LogP contribution in [0.4, 0.5) is 4.79 Å². The van der Waals surface area contributed by atoms with Gasteiger partial charge in [0.1, 0.15) is 11.9 Å². The Morgan fingerprint density at radius 1 is 1.03 bits per heavy atom. The number of benzene rings is 2. The minimum atomic E-state index is -0.883. The smallest absolute Gasteiger partial charge is 0.494 e. The van der Waals surface area contributed by atoms with Crippen molar-refractivity contribution in [3.63, 3.8) is 0 Å². The number of aliphatic hydroxyl groups is 1. The maximum atomic E-state index is 11.3. The molecule has 0 spiro atoms. The topological polar surface area (TPSA) is 65.0 Å². The standard InChI is InChI=1S/C24H30O5/c1-3-4-17-28-21-11-7-19(8-12-21)18-5-9-20(10-6-18)24(26)15-13-22(14-16-24)29-23(25)27-2/h5-12,22,26H,3-4,13-17H2,1-2H3. The molecular weight excluding hydrogens is 368 g/mol. The Hall–Kier alpha value is -2.53. The van der Waals surface area contributed by atoms with Crippen molar-refractivity contribution in [2.24, 2.45) is 0 Å². The fraction of sp³-hybridized carbons (Fsp3) is 0.458. The Labute approximate surface area is 172 Å². The molecule has 3 rings (SSSR count). The van der Waals surface area contributed by atoms with Crippen molar-refractivity contribution in [2.75, 3.05) is 13.7 Å². The summed E-state index contributed by atoms with van der Waals surface area (Å²) in [5.74, 6) is 0.888. The minimum Gasteiger partial charge on any atom is -0.494 e. The van der Waals surface area contributed by atoms with Gasteiger partial charge in [0.05, 0.1) is 19.3 Å². The van der Waals surface area contributed by atoms with Gasteiger partial charge in [-0.15, -0.1) is 0 Å². The number of unbranched alkanes of at least 4 members (excludes halogenated alkanes) is 1. The molecule has 1 N–H and O–H groups in total. The van der Waals surface area contributed by atoms with Crippen molar-refractivity contribution in [3.8, 4) is 16.9 Å². The van der Waals surface area contributed by atoms with E-state index in [2.05, 4.69) is 23.8 Å². The molecule has 1 aliphatic rings. The summed E-state index contributed by atoms with van der Waals surface area (Å²) in [6.07, 6.45) is 3.67. The second-order valence-electron chi connectivity index (χ2n) is 7.61. The van der Waals surface area contributed by atoms with Gasteiger partial charge in [-0.05, 0) is 60.9 Å². The van der Waals surface area contributed by atoms with Crippen molar-refractivity contribution >= 4 is 6.16 Å². The first-order valence-corrected chi connectivity index (χ1v) is 10.3. The van der Waals surface area contributed by atoms with Gasteiger partial charge in [0.25, 0.3) is 0 Å². The SMILES string of the molecule is CCCCOc1ccc(-c2ccc(C3(O)CCC(OC(=O)OC)CC3)cc2)cc1. The highest BCUT2D eigenvalue weighted by Gasteiger charge is 2.36. The molecule has 0 radical (unpaired) electrons. The summed E-state index contributed by atoms with van der Waals surface area (Å²) in [7, 11) is 1.30. The van der Waals surface area contributed by atoms with Gasteiger partial charge in [0.2, 0.25) is 0 Å². The summed E-state index contributed by atoms with van der Waals surface area (Å²) in [6, 6.07) is 16.2. The van der Waals surface area contributed by atoms with Gasteiger partial charge in [0, 0.05) is 0 Å². The number of carbonyl (C=O) groups is 1. The number of methoxy groups -OCH3 is 1. The molecule has 0 aromatic heterocycles. The first-order valence-electron chi connectivity index (χ1n) is 10.3. The van der Waals surface area contributed by atoms with Crippen LogP contribution in [0.1, 0.15) is 51.0 Å². The van der Waals surface area contributed by atoms with Gasteiger partial charge in [0.15, 0.2) is 0 Å². The molecule has 0 unspecified atom stereocenters. The fourth-order valence-electron chi connectivity index (χ4n) is 3.71. The average Bonchev–Trinajstić information content (AvgIpc) is 2.76. The van der Waals surface area contributed by atoms with E-state index in [-0.39, 0.29) is 6.10 Å². The van der Waals surface area contributed by atoms with Crippen molar-refractivity contribution in [1.82, 2.24) is 0 Å². The van der Waals surface area contributed by atoms with Crippen LogP contribution in [0.5, 0.6) is 5.75 Å². The summed E-state index contributed by atoms with van der Waals surface area (Å²) in [4.78, 5) is 11.3. The Kier molecular flexibility index (Phi) is 7.15. The van der Waals surface area contributed by atoms with E-state index in [1.54, 1.807) is 0 Å². The molecule has 0 aliphatic heterocycles. The predicted molar refractivity (Wildman–Crippen MR) is 112 cm³/mol. The van der Waals surface area contributed by atoms with E-state index in [0.717, 1.165) is 41.9 Å². The summed E-state index contributed by atoms with van der Waals surface area (Å²) in [5.41, 5.74) is 2.23. The quantitative estimate of drug-likeness (QED) is 0.496. The number of hydrogen-bond acceptors (Lipinski definition) is 5. The van der Waals surface area contributed by atoms with Crippen molar-refractivity contribution in [2.45, 2.75) is 57.2 Å². The molecule has 29 heavy (non-hydrogen) atoms. The first kappa shape index (κ1) is 21.2. The average molecular weight is 398 g/mol. The molecule has 156 valence electrons. The first-order chi connectivity index (χ1) is 14.0. The molecular formula is C24H30O5. The molecule has 5 nitrogen and oxygen atoms in total. The number of rotatable bonds is 7. The summed E-state index contributed by atoms with van der Waals surface area (Å²) in [6.45, 7) is 2.89. The summed E-state index contributed by atoms with van der Waals surface area (Å²) in [5, 5.41) is 11.1. The normalized spacial score (nSPS) is 21.4. The van der Waals surface area contributed by atoms with Gasteiger partial charge in [-0.2, -0.15) is 0 Å². The minimum absolute atomic E-state index is 0.194. The van der Waals surface area contributed by atoms with Crippen LogP contribution in [0, 0.1) is 0 Å². The highest BCUT2D eigenvalue weighted by molar-refractivity contribution is 5.64. The highest BCUT2D eigenvalue weighted by atomic mass is 16.7. The molecule has 1 fully saturated rings. The molecule has 1 aliphatic carbocycles. The lowest BCUT2D eigenvalue weighted by Gasteiger charge is -2.36. The van der Waals surface area contributed by atoms with Gasteiger partial charge in [-0.25, -0.2) is 4.79 Å². The number of ether oxygens (including phenoxy) is 3. The molecule has 5 heteroatoms. The van der Waals surface area contributed by atoms with E-state index < -0.39 is 11.8 Å². The Morgan fingerprint density at radius 2 is 1.62 bits per heavy atom. The van der Waals surface area contributed by atoms with E-state index in [9.17, 15) is 9.90 Å². The third kappa shape index (κ3) is 5.51. The summed E-state index contributed by atoms with van der Waals surface area (Å²) >= 11 is 0. The van der Waals surface area contributed by atoms with E-state index in [0.29, 0.717) is 25.7 Å². The summed E-state index contributed by atoms with van der Waals surface area (Å²) < 4.78 is 15.5. The molecule has 0 saturated heterocycles. The number of carbonyl (C=O) groups excluding carboxylic acids is 1. The Bertz CT molecular complexity index is 774. The molecule has 2 aromatic rings. The van der Waals surface area contributed by atoms with Crippen LogP contribution >= 0.6 is 0 Å². The van der Waals surface area contributed by atoms with Gasteiger partial charge >= 0.3 is 6.16 Å². The molecule has 2 aromatic carbocycles. The fourth-order valence-corrected chi connectivity index (χ4v) is 3.71. The van der Waals surface area contributed by atoms with Crippen LogP contribution in [-0.2, 0) is 15.1 Å². The van der Waals surface area contributed by atoms with Crippen LogP contribution < -0.4 is 4.74 Å². The van der Waals surface area contributed by atoms with Crippen LogP contribution in [0.15, 0.2) is 48.5 Å². The molecule has 0 heterocycles. The monoisotopic (exact) mass is 398 g/mol. The maximum Gasteiger partial charge on any atom is 0.508 e. The zero-order valence-electron chi connectivity index (χ0n) is 17.2. The highest BCUT2D eigenvalue weighted by Crippen LogP contribution is 2.38. The molecule has 0 amide bonds. The van der Waals surface area contributed by atoms with Crippen molar-refractivity contribution in [3.05, 3.63) is 54.1 Å². The van der Waals surface area contributed by atoms with Gasteiger partial charge < -0.3 is 19.3 Å². The Balaban J connectivity index is 1.60. The molecule has 0 atom stereocenters. The molecule has 1 saturated carbocycles. The third-order valence-corrected chi connectivity index (χ3v) is 5.57. The maximum absolute atomic E-state index is 11.3. The van der Waals surface area contributed by atoms with E-state index in [4.69, 9.17) is 9.47 Å². The van der Waals surface area contributed by atoms with Crippen LogP contribution in [0.2, 0.25) is 0 Å². The van der Waals surface area contributed by atoms with E-state index in [1.165, 1.54) is 7.11 Å². The predicted octanol–water partition coefficient (Wildman–Crippen LogP) is 5.45. The molecule has 0 bridgehead atoms. The van der Waals surface area contributed by atoms with Gasteiger partial charge in [-0.3, -0.25) is 0 Å². The van der Waals surface area contributed by atoms with Crippen LogP contribution in [-0.4, -0.2) is 31.1 Å².